The van der Waals surface area contributed by atoms with Gasteiger partial charge in [0.1, 0.15) is 13.2 Å². The van der Waals surface area contributed by atoms with E-state index < -0.39 is 6.10 Å². The van der Waals surface area contributed by atoms with E-state index in [2.05, 4.69) is 87.6 Å². The molecule has 0 spiro atoms. The summed E-state index contributed by atoms with van der Waals surface area (Å²) in [6.45, 7) is 6.34. The highest BCUT2D eigenvalue weighted by molar-refractivity contribution is 5.71. The summed E-state index contributed by atoms with van der Waals surface area (Å²) in [5, 5.41) is 0. The zero-order chi connectivity index (χ0) is 46.5. The first-order valence-electron chi connectivity index (χ1n) is 25.6. The average Bonchev–Trinajstić information content (AvgIpc) is 3.29. The van der Waals surface area contributed by atoms with Gasteiger partial charge >= 0.3 is 17.9 Å². The molecule has 0 bridgehead atoms. The van der Waals surface area contributed by atoms with E-state index in [0.717, 1.165) is 83.5 Å². The molecule has 0 saturated carbocycles. The molecule has 0 rings (SSSR count). The molecule has 0 saturated heterocycles. The lowest BCUT2D eigenvalue weighted by Crippen LogP contribution is -2.30. The number of ether oxygens (including phenoxy) is 3. The van der Waals surface area contributed by atoms with Gasteiger partial charge in [0.25, 0.3) is 0 Å². The quantitative estimate of drug-likeness (QED) is 0.0199. The number of unbranched alkanes of at least 4 members (excludes halogenated alkanes) is 19. The van der Waals surface area contributed by atoms with Gasteiger partial charge in [-0.1, -0.05) is 226 Å². The van der Waals surface area contributed by atoms with Crippen molar-refractivity contribution in [2.24, 2.45) is 0 Å². The minimum atomic E-state index is -0.834. The summed E-state index contributed by atoms with van der Waals surface area (Å²) in [6, 6.07) is 0. The van der Waals surface area contributed by atoms with Crippen molar-refractivity contribution < 1.29 is 28.6 Å². The molecule has 0 fully saturated rings. The third-order valence-corrected chi connectivity index (χ3v) is 10.4. The first-order chi connectivity index (χ1) is 31.5. The molecule has 6 heteroatoms. The molecule has 0 aliphatic carbocycles. The van der Waals surface area contributed by atoms with Crippen LogP contribution in [-0.2, 0) is 28.6 Å². The summed E-state index contributed by atoms with van der Waals surface area (Å²) in [4.78, 5) is 37.9. The molecule has 1 atom stereocenters. The fraction of sp³-hybridized carbons (Fsp3) is 0.603. The van der Waals surface area contributed by atoms with Gasteiger partial charge in [0.2, 0.25) is 0 Å². The number of allylic oxidation sites excluding steroid dienone is 20. The van der Waals surface area contributed by atoms with Crippen molar-refractivity contribution in [3.63, 3.8) is 0 Å². The van der Waals surface area contributed by atoms with E-state index in [9.17, 15) is 14.4 Å². The van der Waals surface area contributed by atoms with Gasteiger partial charge in [-0.25, -0.2) is 0 Å². The van der Waals surface area contributed by atoms with Crippen molar-refractivity contribution in [1.82, 2.24) is 0 Å². The number of hydrogen-bond acceptors (Lipinski definition) is 6. The van der Waals surface area contributed by atoms with Crippen LogP contribution >= 0.6 is 0 Å². The van der Waals surface area contributed by atoms with Crippen LogP contribution in [-0.4, -0.2) is 37.2 Å². The Kier molecular flexibility index (Phi) is 48.1. The predicted molar refractivity (Wildman–Crippen MR) is 274 cm³/mol. The SMILES string of the molecule is CC\C=C/C=C\C=C/C=C\C=C/CCCCCC(=O)OC(COC(=O)CC/C=C\C/C=C\CCCCCCCC)COC(=O)CCCCCCC\C=C/C=C\C=C/CCCCCCC. The van der Waals surface area contributed by atoms with Crippen molar-refractivity contribution in [2.75, 3.05) is 13.2 Å². The summed E-state index contributed by atoms with van der Waals surface area (Å²) in [5.41, 5.74) is 0. The average molecular weight is 885 g/mol. The van der Waals surface area contributed by atoms with Crippen LogP contribution in [0.15, 0.2) is 122 Å². The Labute approximate surface area is 392 Å². The Hall–Kier alpha value is -4.19. The molecule has 0 aliphatic rings. The number of carbonyl (C=O) groups is 3. The maximum atomic E-state index is 12.8. The van der Waals surface area contributed by atoms with Crippen molar-refractivity contribution in [3.8, 4) is 0 Å². The molecular weight excluding hydrogens is 793 g/mol. The lowest BCUT2D eigenvalue weighted by atomic mass is 10.1. The summed E-state index contributed by atoms with van der Waals surface area (Å²) >= 11 is 0. The molecule has 360 valence electrons. The second kappa shape index (κ2) is 51.4. The van der Waals surface area contributed by atoms with E-state index in [-0.39, 0.29) is 44.0 Å². The number of hydrogen-bond donors (Lipinski definition) is 0. The van der Waals surface area contributed by atoms with Gasteiger partial charge in [-0.15, -0.1) is 0 Å². The van der Waals surface area contributed by atoms with Crippen LogP contribution in [0.25, 0.3) is 0 Å². The highest BCUT2D eigenvalue weighted by Crippen LogP contribution is 2.12. The predicted octanol–water partition coefficient (Wildman–Crippen LogP) is 16.9. The number of carbonyl (C=O) groups excluding carboxylic acids is 3. The zero-order valence-electron chi connectivity index (χ0n) is 41.0. The van der Waals surface area contributed by atoms with E-state index in [4.69, 9.17) is 14.2 Å². The first kappa shape index (κ1) is 59.8. The minimum Gasteiger partial charge on any atom is -0.462 e. The van der Waals surface area contributed by atoms with E-state index in [1.807, 2.05) is 54.7 Å². The smallest absolute Gasteiger partial charge is 0.306 e. The lowest BCUT2D eigenvalue weighted by Gasteiger charge is -2.18. The highest BCUT2D eigenvalue weighted by atomic mass is 16.6. The Balaban J connectivity index is 4.58. The fourth-order valence-electron chi connectivity index (χ4n) is 6.52. The fourth-order valence-corrected chi connectivity index (χ4v) is 6.52. The van der Waals surface area contributed by atoms with Crippen molar-refractivity contribution in [3.05, 3.63) is 122 Å². The Bertz CT molecular complexity index is 1390. The summed E-state index contributed by atoms with van der Waals surface area (Å²) in [6.07, 6.45) is 70.5. The minimum absolute atomic E-state index is 0.127. The Morgan fingerprint density at radius 1 is 0.344 bits per heavy atom. The first-order valence-corrected chi connectivity index (χ1v) is 25.6. The largest absolute Gasteiger partial charge is 0.462 e. The van der Waals surface area contributed by atoms with Gasteiger partial charge in [-0.2, -0.15) is 0 Å². The third-order valence-electron chi connectivity index (χ3n) is 10.4. The monoisotopic (exact) mass is 885 g/mol. The van der Waals surface area contributed by atoms with Crippen LogP contribution < -0.4 is 0 Å². The van der Waals surface area contributed by atoms with Gasteiger partial charge in [0.15, 0.2) is 6.10 Å². The van der Waals surface area contributed by atoms with Crippen LogP contribution in [0.3, 0.4) is 0 Å². The third kappa shape index (κ3) is 48.8. The number of esters is 3. The van der Waals surface area contributed by atoms with E-state index in [1.54, 1.807) is 0 Å². The molecule has 64 heavy (non-hydrogen) atoms. The molecule has 0 radical (unpaired) electrons. The van der Waals surface area contributed by atoms with Gasteiger partial charge < -0.3 is 14.2 Å². The topological polar surface area (TPSA) is 78.9 Å². The van der Waals surface area contributed by atoms with E-state index in [0.29, 0.717) is 19.3 Å². The molecule has 0 aromatic heterocycles. The summed E-state index contributed by atoms with van der Waals surface area (Å²) in [5.74, 6) is -1.07. The van der Waals surface area contributed by atoms with Gasteiger partial charge in [0.05, 0.1) is 0 Å². The van der Waals surface area contributed by atoms with Gasteiger partial charge in [0, 0.05) is 19.3 Å². The van der Waals surface area contributed by atoms with Crippen LogP contribution in [0.5, 0.6) is 0 Å². The van der Waals surface area contributed by atoms with Crippen LogP contribution in [0, 0.1) is 0 Å². The summed E-state index contributed by atoms with van der Waals surface area (Å²) in [7, 11) is 0. The van der Waals surface area contributed by atoms with Crippen molar-refractivity contribution in [2.45, 2.75) is 213 Å². The molecule has 6 nitrogen and oxygen atoms in total. The molecule has 0 aromatic carbocycles. The molecule has 0 aliphatic heterocycles. The van der Waals surface area contributed by atoms with Crippen LogP contribution in [0.2, 0.25) is 0 Å². The standard InChI is InChI=1S/C58H92O6/c1-4-7-10-13-16-19-22-25-27-28-29-31-33-36-39-42-45-48-51-57(60)63-54-55(53-62-56(59)50-47-44-41-38-35-32-24-21-18-15-12-9-6-3)64-58(61)52-49-46-43-40-37-34-30-26-23-20-17-14-11-8-5-2/h8,11,14,17,20,22-23,25-32,34-35,37,41,44,55H,4-7,9-10,12-13,15-16,18-19,21,24,33,36,38-40,42-43,45-54H2,1-3H3/b11-8-,17-14-,23-20-,25-22-,28-27-,30-26-,31-29-,35-32-,37-34-,44-41-. The second-order valence-electron chi connectivity index (χ2n) is 16.5. The lowest BCUT2D eigenvalue weighted by molar-refractivity contribution is -0.166. The van der Waals surface area contributed by atoms with Crippen molar-refractivity contribution >= 4 is 17.9 Å². The molecule has 1 unspecified atom stereocenters. The molecule has 0 aromatic rings. The molecule has 0 N–H and O–H groups in total. The van der Waals surface area contributed by atoms with E-state index >= 15 is 0 Å². The molecular formula is C58H92O6. The maximum absolute atomic E-state index is 12.8. The summed E-state index contributed by atoms with van der Waals surface area (Å²) < 4.78 is 16.7. The van der Waals surface area contributed by atoms with Crippen molar-refractivity contribution in [1.29, 1.82) is 0 Å². The van der Waals surface area contributed by atoms with Crippen LogP contribution in [0.4, 0.5) is 0 Å². The highest BCUT2D eigenvalue weighted by Gasteiger charge is 2.19. The maximum Gasteiger partial charge on any atom is 0.306 e. The molecule has 0 heterocycles. The molecule has 0 amide bonds. The van der Waals surface area contributed by atoms with Crippen LogP contribution in [0.1, 0.15) is 207 Å². The Morgan fingerprint density at radius 3 is 1.19 bits per heavy atom. The normalized spacial score (nSPS) is 13.1. The van der Waals surface area contributed by atoms with Gasteiger partial charge in [-0.3, -0.25) is 14.4 Å². The Morgan fingerprint density at radius 2 is 0.703 bits per heavy atom. The van der Waals surface area contributed by atoms with Gasteiger partial charge in [-0.05, 0) is 83.5 Å². The zero-order valence-corrected chi connectivity index (χ0v) is 41.0. The number of rotatable bonds is 44. The van der Waals surface area contributed by atoms with E-state index in [1.165, 1.54) is 70.6 Å². The second-order valence-corrected chi connectivity index (χ2v) is 16.5.